The van der Waals surface area contributed by atoms with Gasteiger partial charge in [-0.05, 0) is 24.7 Å². The van der Waals surface area contributed by atoms with Gasteiger partial charge in [0.1, 0.15) is 6.04 Å². The lowest BCUT2D eigenvalue weighted by molar-refractivity contribution is -0.157. The molecule has 1 fully saturated rings. The molecule has 0 aromatic heterocycles. The number of esters is 1. The van der Waals surface area contributed by atoms with Crippen LogP contribution < -0.4 is 5.73 Å². The number of methoxy groups -OCH3 is 1. The van der Waals surface area contributed by atoms with Gasteiger partial charge in [0.25, 0.3) is 0 Å². The van der Waals surface area contributed by atoms with Crippen molar-refractivity contribution in [3.63, 3.8) is 0 Å². The van der Waals surface area contributed by atoms with Crippen LogP contribution in [0.3, 0.4) is 0 Å². The number of carbonyl (C=O) groups is 3. The maximum Gasteiger partial charge on any atom is 0.329 e. The average molecular weight is 375 g/mol. The van der Waals surface area contributed by atoms with Gasteiger partial charge < -0.3 is 20.5 Å². The van der Waals surface area contributed by atoms with Gasteiger partial charge in [0.15, 0.2) is 0 Å². The first kappa shape index (κ1) is 21.8. The lowest BCUT2D eigenvalue weighted by Gasteiger charge is -2.45. The number of thiol groups is 1. The van der Waals surface area contributed by atoms with Gasteiger partial charge in [0.05, 0.1) is 19.6 Å². The Morgan fingerprint density at radius 3 is 2.36 bits per heavy atom. The van der Waals surface area contributed by atoms with Crippen LogP contribution in [0.4, 0.5) is 0 Å². The Morgan fingerprint density at radius 2 is 1.88 bits per heavy atom. The summed E-state index contributed by atoms with van der Waals surface area (Å²) < 4.78 is 4.84. The molecular formula is C17H30N2O5S. The number of carboxylic acid groups (broad SMARTS) is 1. The maximum absolute atomic E-state index is 13.0. The van der Waals surface area contributed by atoms with Crippen LogP contribution >= 0.6 is 12.6 Å². The van der Waals surface area contributed by atoms with Gasteiger partial charge in [-0.25, -0.2) is 4.79 Å². The molecule has 0 aromatic carbocycles. The van der Waals surface area contributed by atoms with Crippen LogP contribution in [0.1, 0.15) is 46.0 Å². The molecule has 25 heavy (non-hydrogen) atoms. The second kappa shape index (κ2) is 10.0. The molecule has 7 nitrogen and oxygen atoms in total. The second-order valence-electron chi connectivity index (χ2n) is 6.93. The Bertz CT molecular complexity index is 486. The van der Waals surface area contributed by atoms with E-state index in [1.54, 1.807) is 0 Å². The zero-order valence-electron chi connectivity index (χ0n) is 15.2. The third kappa shape index (κ3) is 5.60. The number of rotatable bonds is 8. The van der Waals surface area contributed by atoms with E-state index in [4.69, 9.17) is 15.6 Å². The molecule has 8 heteroatoms. The minimum atomic E-state index is -1.20. The van der Waals surface area contributed by atoms with Crippen LogP contribution in [-0.2, 0) is 19.1 Å². The molecule has 1 aliphatic rings. The van der Waals surface area contributed by atoms with Gasteiger partial charge in [0, 0.05) is 11.8 Å². The molecule has 4 atom stereocenters. The fourth-order valence-electron chi connectivity index (χ4n) is 3.69. The van der Waals surface area contributed by atoms with Gasteiger partial charge in [-0.1, -0.05) is 26.7 Å². The third-order valence-electron chi connectivity index (χ3n) is 4.94. The van der Waals surface area contributed by atoms with Crippen molar-refractivity contribution in [2.75, 3.05) is 12.9 Å². The summed E-state index contributed by atoms with van der Waals surface area (Å²) >= 11 is 4.23. The summed E-state index contributed by atoms with van der Waals surface area (Å²) in [4.78, 5) is 37.6. The molecule has 0 saturated heterocycles. The van der Waals surface area contributed by atoms with Gasteiger partial charge in [-0.2, -0.15) is 12.6 Å². The number of nitrogens with zero attached hydrogens (tertiary/aromatic N) is 1. The van der Waals surface area contributed by atoms with E-state index in [2.05, 4.69) is 26.5 Å². The molecular weight excluding hydrogens is 344 g/mol. The standard InChI is InChI=1S/C17H30N2O5S/c1-10(2)11-6-4-5-7-13(11)19(14(9-25)17(23)24-3)16(22)12(18)8-15(20)21/h10-14,25H,4-9,18H2,1-3H3,(H,20,21)/t11?,12-,13?,14+/m0/s1. The number of hydrogen-bond acceptors (Lipinski definition) is 6. The number of amides is 1. The Kier molecular flexibility index (Phi) is 8.71. The van der Waals surface area contributed by atoms with E-state index in [-0.39, 0.29) is 17.7 Å². The Balaban J connectivity index is 3.22. The van der Waals surface area contributed by atoms with Crippen molar-refractivity contribution >= 4 is 30.5 Å². The number of aliphatic carboxylic acids is 1. The molecule has 3 N–H and O–H groups in total. The molecule has 1 aliphatic carbocycles. The fraction of sp³-hybridized carbons (Fsp3) is 0.824. The highest BCUT2D eigenvalue weighted by atomic mass is 32.1. The summed E-state index contributed by atoms with van der Waals surface area (Å²) in [5.74, 6) is -1.58. The zero-order chi connectivity index (χ0) is 19.1. The molecule has 0 aliphatic heterocycles. The van der Waals surface area contributed by atoms with Crippen molar-refractivity contribution in [1.29, 1.82) is 0 Å². The van der Waals surface area contributed by atoms with Crippen molar-refractivity contribution in [2.45, 2.75) is 64.1 Å². The Labute approximate surface area is 154 Å². The highest BCUT2D eigenvalue weighted by Crippen LogP contribution is 2.35. The van der Waals surface area contributed by atoms with Crippen molar-refractivity contribution in [2.24, 2.45) is 17.6 Å². The summed E-state index contributed by atoms with van der Waals surface area (Å²) in [6, 6.07) is -2.23. The van der Waals surface area contributed by atoms with Crippen molar-refractivity contribution < 1.29 is 24.2 Å². The van der Waals surface area contributed by atoms with Crippen LogP contribution in [0.15, 0.2) is 0 Å². The largest absolute Gasteiger partial charge is 0.481 e. The maximum atomic E-state index is 13.0. The summed E-state index contributed by atoms with van der Waals surface area (Å²) in [7, 11) is 1.26. The third-order valence-corrected chi connectivity index (χ3v) is 5.29. The predicted octanol–water partition coefficient (Wildman–Crippen LogP) is 1.30. The van der Waals surface area contributed by atoms with E-state index in [1.165, 1.54) is 12.0 Å². The first-order valence-electron chi connectivity index (χ1n) is 8.72. The number of nitrogens with two attached hydrogens (primary N) is 1. The number of carboxylic acids is 1. The topological polar surface area (TPSA) is 110 Å². The first-order valence-corrected chi connectivity index (χ1v) is 9.36. The molecule has 0 spiro atoms. The normalized spacial score (nSPS) is 23.0. The van der Waals surface area contributed by atoms with Gasteiger partial charge >= 0.3 is 11.9 Å². The summed E-state index contributed by atoms with van der Waals surface area (Å²) in [5, 5.41) is 8.96. The van der Waals surface area contributed by atoms with Crippen molar-refractivity contribution in [3.05, 3.63) is 0 Å². The van der Waals surface area contributed by atoms with Crippen LogP contribution in [0.25, 0.3) is 0 Å². The van der Waals surface area contributed by atoms with Crippen LogP contribution in [0.2, 0.25) is 0 Å². The van der Waals surface area contributed by atoms with E-state index >= 15 is 0 Å². The first-order chi connectivity index (χ1) is 11.7. The fourth-order valence-corrected chi connectivity index (χ4v) is 4.02. The van der Waals surface area contributed by atoms with E-state index in [0.717, 1.165) is 25.7 Å². The summed E-state index contributed by atoms with van der Waals surface area (Å²) in [5.41, 5.74) is 5.83. The van der Waals surface area contributed by atoms with E-state index < -0.39 is 36.4 Å². The lowest BCUT2D eigenvalue weighted by Crippen LogP contribution is -2.60. The molecule has 0 radical (unpaired) electrons. The predicted molar refractivity (Wildman–Crippen MR) is 97.3 cm³/mol. The molecule has 2 unspecified atom stereocenters. The molecule has 0 bridgehead atoms. The molecule has 144 valence electrons. The minimum Gasteiger partial charge on any atom is -0.481 e. The molecule has 0 heterocycles. The SMILES string of the molecule is COC(=O)[C@@H](CS)N(C(=O)[C@@H](N)CC(=O)O)C1CCCCC1C(C)C. The van der Waals surface area contributed by atoms with E-state index in [9.17, 15) is 14.4 Å². The number of carbonyl (C=O) groups excluding carboxylic acids is 2. The average Bonchev–Trinajstić information content (AvgIpc) is 2.57. The van der Waals surface area contributed by atoms with Gasteiger partial charge in [-0.3, -0.25) is 9.59 Å². The second-order valence-corrected chi connectivity index (χ2v) is 7.30. The van der Waals surface area contributed by atoms with Crippen LogP contribution in [0.5, 0.6) is 0 Å². The molecule has 1 amide bonds. The van der Waals surface area contributed by atoms with Crippen molar-refractivity contribution in [1.82, 2.24) is 4.90 Å². The monoisotopic (exact) mass is 374 g/mol. The van der Waals surface area contributed by atoms with Crippen LogP contribution in [0, 0.1) is 11.8 Å². The highest BCUT2D eigenvalue weighted by molar-refractivity contribution is 7.80. The zero-order valence-corrected chi connectivity index (χ0v) is 16.1. The molecule has 0 aromatic rings. The van der Waals surface area contributed by atoms with Gasteiger partial charge in [0.2, 0.25) is 5.91 Å². The van der Waals surface area contributed by atoms with E-state index in [1.807, 2.05) is 0 Å². The smallest absolute Gasteiger partial charge is 0.329 e. The highest BCUT2D eigenvalue weighted by Gasteiger charge is 2.42. The van der Waals surface area contributed by atoms with Gasteiger partial charge in [-0.15, -0.1) is 0 Å². The minimum absolute atomic E-state index is 0.0967. The summed E-state index contributed by atoms with van der Waals surface area (Å²) in [6.45, 7) is 4.19. The van der Waals surface area contributed by atoms with E-state index in [0.29, 0.717) is 5.92 Å². The molecule has 1 saturated carbocycles. The molecule has 1 rings (SSSR count). The number of ether oxygens (including phenoxy) is 1. The lowest BCUT2D eigenvalue weighted by atomic mass is 9.76. The quantitative estimate of drug-likeness (QED) is 0.436. The number of hydrogen-bond donors (Lipinski definition) is 3. The summed E-state index contributed by atoms with van der Waals surface area (Å²) in [6.07, 6.45) is 3.27. The Hall–Kier alpha value is -1.28. The Morgan fingerprint density at radius 1 is 1.28 bits per heavy atom. The van der Waals surface area contributed by atoms with Crippen LogP contribution in [-0.4, -0.2) is 58.8 Å². The van der Waals surface area contributed by atoms with Crippen molar-refractivity contribution in [3.8, 4) is 0 Å².